The zero-order valence-corrected chi connectivity index (χ0v) is 14.7. The van der Waals surface area contributed by atoms with Gasteiger partial charge in [0.2, 0.25) is 0 Å². The van der Waals surface area contributed by atoms with Gasteiger partial charge in [0.05, 0.1) is 11.1 Å². The van der Waals surface area contributed by atoms with Gasteiger partial charge in [-0.15, -0.1) is 0 Å². The van der Waals surface area contributed by atoms with Gasteiger partial charge >= 0.3 is 11.9 Å². The quantitative estimate of drug-likeness (QED) is 0.285. The fourth-order valence-corrected chi connectivity index (χ4v) is 2.13. The number of carbonyl (C=O) groups is 2. The third-order valence-electron chi connectivity index (χ3n) is 2.99. The summed E-state index contributed by atoms with van der Waals surface area (Å²) in [6.45, 7) is 3.93. The molecule has 0 aliphatic rings. The molecule has 0 saturated carbocycles. The largest absolute Gasteiger partial charge is 0.460 e. The van der Waals surface area contributed by atoms with E-state index in [2.05, 4.69) is 6.92 Å². The summed E-state index contributed by atoms with van der Waals surface area (Å²) in [7, 11) is 0. The van der Waals surface area contributed by atoms with Crippen LogP contribution in [0.3, 0.4) is 0 Å². The predicted molar refractivity (Wildman–Crippen MR) is 90.9 cm³/mol. The van der Waals surface area contributed by atoms with Crippen LogP contribution in [0.15, 0.2) is 30.4 Å². The minimum atomic E-state index is -0.732. The maximum atomic E-state index is 11.7. The zero-order valence-electron chi connectivity index (χ0n) is 13.2. The fraction of sp³-hybridized carbons (Fsp3) is 0.412. The van der Waals surface area contributed by atoms with E-state index in [-0.39, 0.29) is 16.9 Å². The highest BCUT2D eigenvalue weighted by molar-refractivity contribution is 6.34. The van der Waals surface area contributed by atoms with E-state index >= 15 is 0 Å². The molecule has 0 amide bonds. The second-order valence-corrected chi connectivity index (χ2v) is 5.92. The van der Waals surface area contributed by atoms with Crippen LogP contribution in [0, 0.1) is 0 Å². The highest BCUT2D eigenvalue weighted by Crippen LogP contribution is 2.27. The lowest BCUT2D eigenvalue weighted by Crippen LogP contribution is -2.13. The minimum Gasteiger partial charge on any atom is -0.460 e. The standard InChI is InChI=1S/C17H20Cl2O4/c1-3-4-5-6-12(2)22-16(20)9-10-17(21)23-15-11-13(18)7-8-14(15)19/h7-12H,3-6H2,1-2H3/b10-9+. The number of unbranched alkanes of at least 4 members (excludes halogenated alkanes) is 2. The van der Waals surface area contributed by atoms with Crippen LogP contribution in [-0.4, -0.2) is 18.0 Å². The van der Waals surface area contributed by atoms with Crippen molar-refractivity contribution >= 4 is 35.1 Å². The Kier molecular flexibility index (Phi) is 8.74. The molecule has 6 heteroatoms. The molecule has 126 valence electrons. The molecule has 0 N–H and O–H groups in total. The van der Waals surface area contributed by atoms with E-state index in [0.29, 0.717) is 5.02 Å². The van der Waals surface area contributed by atoms with E-state index < -0.39 is 11.9 Å². The number of ether oxygens (including phenoxy) is 2. The first kappa shape index (κ1) is 19.5. The van der Waals surface area contributed by atoms with Crippen molar-refractivity contribution in [3.63, 3.8) is 0 Å². The van der Waals surface area contributed by atoms with Crippen molar-refractivity contribution in [3.8, 4) is 5.75 Å². The first-order chi connectivity index (χ1) is 10.9. The summed E-state index contributed by atoms with van der Waals surface area (Å²) in [4.78, 5) is 23.3. The lowest BCUT2D eigenvalue weighted by atomic mass is 10.1. The fourth-order valence-electron chi connectivity index (χ4n) is 1.81. The average Bonchev–Trinajstić information content (AvgIpc) is 2.49. The van der Waals surface area contributed by atoms with Gasteiger partial charge in [0.15, 0.2) is 5.75 Å². The smallest absolute Gasteiger partial charge is 0.336 e. The van der Waals surface area contributed by atoms with Gasteiger partial charge in [0, 0.05) is 23.2 Å². The number of carbonyl (C=O) groups excluding carboxylic acids is 2. The summed E-state index contributed by atoms with van der Waals surface area (Å²) in [6.07, 6.45) is 5.87. The van der Waals surface area contributed by atoms with Crippen LogP contribution in [0.5, 0.6) is 5.75 Å². The van der Waals surface area contributed by atoms with Gasteiger partial charge < -0.3 is 9.47 Å². The van der Waals surface area contributed by atoms with Crippen molar-refractivity contribution < 1.29 is 19.1 Å². The Morgan fingerprint density at radius 2 is 1.87 bits per heavy atom. The Bertz CT molecular complexity index is 570. The summed E-state index contributed by atoms with van der Waals surface area (Å²) in [5.41, 5.74) is 0. The molecule has 1 unspecified atom stereocenters. The van der Waals surface area contributed by atoms with Crippen molar-refractivity contribution in [2.45, 2.75) is 45.6 Å². The summed E-state index contributed by atoms with van der Waals surface area (Å²) >= 11 is 11.7. The molecule has 1 rings (SSSR count). The third-order valence-corrected chi connectivity index (χ3v) is 3.54. The van der Waals surface area contributed by atoms with Gasteiger partial charge in [-0.25, -0.2) is 9.59 Å². The molecule has 0 heterocycles. The summed E-state index contributed by atoms with van der Waals surface area (Å²) in [5, 5.41) is 0.643. The Morgan fingerprint density at radius 3 is 2.57 bits per heavy atom. The Balaban J connectivity index is 2.45. The summed E-state index contributed by atoms with van der Waals surface area (Å²) < 4.78 is 10.2. The van der Waals surface area contributed by atoms with Gasteiger partial charge in [-0.05, 0) is 31.9 Å². The Hall–Kier alpha value is -1.52. The number of rotatable bonds is 8. The average molecular weight is 359 g/mol. The van der Waals surface area contributed by atoms with Crippen LogP contribution < -0.4 is 4.74 Å². The van der Waals surface area contributed by atoms with Crippen molar-refractivity contribution in [2.24, 2.45) is 0 Å². The van der Waals surface area contributed by atoms with E-state index in [1.165, 1.54) is 12.1 Å². The molecule has 0 radical (unpaired) electrons. The van der Waals surface area contributed by atoms with E-state index in [1.807, 2.05) is 6.92 Å². The van der Waals surface area contributed by atoms with E-state index in [9.17, 15) is 9.59 Å². The zero-order chi connectivity index (χ0) is 17.2. The lowest BCUT2D eigenvalue weighted by molar-refractivity contribution is -0.143. The van der Waals surface area contributed by atoms with Crippen molar-refractivity contribution in [1.29, 1.82) is 0 Å². The highest BCUT2D eigenvalue weighted by Gasteiger charge is 2.09. The predicted octanol–water partition coefficient (Wildman–Crippen LogP) is 4.97. The molecule has 1 aromatic carbocycles. The third kappa shape index (κ3) is 8.05. The molecule has 0 aliphatic heterocycles. The van der Waals surface area contributed by atoms with Crippen LogP contribution in [-0.2, 0) is 14.3 Å². The van der Waals surface area contributed by atoms with Crippen molar-refractivity contribution in [1.82, 2.24) is 0 Å². The Labute approximate surface area is 146 Å². The Morgan fingerprint density at radius 1 is 1.17 bits per heavy atom. The summed E-state index contributed by atoms with van der Waals surface area (Å²) in [6, 6.07) is 4.51. The first-order valence-electron chi connectivity index (χ1n) is 7.48. The maximum absolute atomic E-state index is 11.7. The molecule has 0 aromatic heterocycles. The number of halogens is 2. The molecule has 1 atom stereocenters. The van der Waals surface area contributed by atoms with E-state index in [4.69, 9.17) is 32.7 Å². The molecule has 0 fully saturated rings. The molecular weight excluding hydrogens is 339 g/mol. The van der Waals surface area contributed by atoms with Crippen LogP contribution in [0.4, 0.5) is 0 Å². The molecule has 0 spiro atoms. The SMILES string of the molecule is CCCCCC(C)OC(=O)/C=C/C(=O)Oc1cc(Cl)ccc1Cl. The number of benzene rings is 1. The van der Waals surface area contributed by atoms with Crippen LogP contribution >= 0.6 is 23.2 Å². The van der Waals surface area contributed by atoms with Gasteiger partial charge in [-0.1, -0.05) is 43.0 Å². The topological polar surface area (TPSA) is 52.6 Å². The van der Waals surface area contributed by atoms with E-state index in [1.54, 1.807) is 6.07 Å². The highest BCUT2D eigenvalue weighted by atomic mass is 35.5. The van der Waals surface area contributed by atoms with Crippen molar-refractivity contribution in [2.75, 3.05) is 0 Å². The van der Waals surface area contributed by atoms with Crippen LogP contribution in [0.2, 0.25) is 10.0 Å². The van der Waals surface area contributed by atoms with Crippen molar-refractivity contribution in [3.05, 3.63) is 40.4 Å². The molecular formula is C17H20Cl2O4. The van der Waals surface area contributed by atoms with Gasteiger partial charge in [0.25, 0.3) is 0 Å². The molecule has 0 saturated heterocycles. The second-order valence-electron chi connectivity index (χ2n) is 5.07. The molecule has 4 nitrogen and oxygen atoms in total. The monoisotopic (exact) mass is 358 g/mol. The maximum Gasteiger partial charge on any atom is 0.336 e. The molecule has 1 aromatic rings. The van der Waals surface area contributed by atoms with E-state index in [0.717, 1.165) is 37.8 Å². The molecule has 23 heavy (non-hydrogen) atoms. The number of hydrogen-bond acceptors (Lipinski definition) is 4. The first-order valence-corrected chi connectivity index (χ1v) is 8.23. The van der Waals surface area contributed by atoms with Crippen LogP contribution in [0.1, 0.15) is 39.5 Å². The van der Waals surface area contributed by atoms with Crippen LogP contribution in [0.25, 0.3) is 0 Å². The minimum absolute atomic E-state index is 0.134. The molecule has 0 bridgehead atoms. The number of hydrogen-bond donors (Lipinski definition) is 0. The van der Waals surface area contributed by atoms with Gasteiger partial charge in [0.1, 0.15) is 0 Å². The van der Waals surface area contributed by atoms with Gasteiger partial charge in [-0.3, -0.25) is 0 Å². The number of esters is 2. The second kappa shape index (κ2) is 10.3. The summed E-state index contributed by atoms with van der Waals surface area (Å²) in [5.74, 6) is -1.18. The van der Waals surface area contributed by atoms with Gasteiger partial charge in [-0.2, -0.15) is 0 Å². The normalized spacial score (nSPS) is 12.2. The lowest BCUT2D eigenvalue weighted by Gasteiger charge is -2.11. The molecule has 0 aliphatic carbocycles.